The molecule has 0 aliphatic heterocycles. The molecule has 0 amide bonds. The Morgan fingerprint density at radius 1 is 0.941 bits per heavy atom. The van der Waals surface area contributed by atoms with E-state index in [1.807, 2.05) is 0 Å². The number of aromatic carboxylic acids is 1. The summed E-state index contributed by atoms with van der Waals surface area (Å²) in [6, 6.07) is 13.8. The summed E-state index contributed by atoms with van der Waals surface area (Å²) in [4.78, 5) is 31.7. The van der Waals surface area contributed by atoms with Crippen molar-refractivity contribution in [1.29, 1.82) is 0 Å². The summed E-state index contributed by atoms with van der Waals surface area (Å²) < 4.78 is 28.2. The van der Waals surface area contributed by atoms with E-state index in [1.165, 1.54) is 42.5 Å². The van der Waals surface area contributed by atoms with Crippen molar-refractivity contribution in [2.24, 2.45) is 5.10 Å². The molecule has 34 heavy (non-hydrogen) atoms. The smallest absolute Gasteiger partial charge is 0.337 e. The molecule has 0 bridgehead atoms. The number of anilines is 2. The van der Waals surface area contributed by atoms with Gasteiger partial charge in [-0.05, 0) is 24.3 Å². The number of nitrogens with zero attached hydrogens (tertiary/aromatic N) is 3. The minimum Gasteiger partial charge on any atom is -0.478 e. The van der Waals surface area contributed by atoms with Crippen LogP contribution < -0.4 is 10.1 Å². The van der Waals surface area contributed by atoms with Gasteiger partial charge in [0.2, 0.25) is 0 Å². The van der Waals surface area contributed by atoms with Crippen LogP contribution in [-0.2, 0) is 10.0 Å². The van der Waals surface area contributed by atoms with E-state index in [1.54, 1.807) is 6.07 Å². The van der Waals surface area contributed by atoms with Crippen LogP contribution in [0.3, 0.4) is 0 Å². The van der Waals surface area contributed by atoms with Gasteiger partial charge in [-0.1, -0.05) is 24.3 Å². The molecule has 0 aromatic heterocycles. The Bertz CT molecular complexity index is 1420. The Morgan fingerprint density at radius 2 is 1.62 bits per heavy atom. The first-order valence-corrected chi connectivity index (χ1v) is 10.7. The zero-order valence-corrected chi connectivity index (χ0v) is 17.8. The highest BCUT2D eigenvalue weighted by atomic mass is 32.2. The fraction of sp³-hybridized carbons (Fsp3) is 0. The molecule has 14 heteroatoms. The molecule has 3 N–H and O–H groups in total. The van der Waals surface area contributed by atoms with E-state index < -0.39 is 36.4 Å². The number of hydrogen-bond acceptors (Lipinski definition) is 9. The zero-order valence-electron chi connectivity index (χ0n) is 17.0. The van der Waals surface area contributed by atoms with E-state index >= 15 is 0 Å². The van der Waals surface area contributed by atoms with Crippen molar-refractivity contribution in [1.82, 2.24) is 0 Å². The Kier molecular flexibility index (Phi) is 6.82. The van der Waals surface area contributed by atoms with Crippen molar-refractivity contribution in [2.45, 2.75) is 4.90 Å². The standard InChI is InChI=1S/C20H15N5O8S/c26-20(27)15-6-2-3-7-16(15)23-34(32,33)19-11-14(24(28)29)9-10-17(19)22-21-12-13-5-1-4-8-18(13)25(30)31/h1-12,22-23H,(H,26,27)/b21-12-. The van der Waals surface area contributed by atoms with Crippen LogP contribution in [0, 0.1) is 20.2 Å². The molecule has 0 fully saturated rings. The second kappa shape index (κ2) is 9.74. The van der Waals surface area contributed by atoms with Crippen LogP contribution in [0.5, 0.6) is 0 Å². The van der Waals surface area contributed by atoms with E-state index in [9.17, 15) is 38.5 Å². The number of benzene rings is 3. The number of carboxylic acids is 1. The lowest BCUT2D eigenvalue weighted by Gasteiger charge is -2.13. The van der Waals surface area contributed by atoms with Crippen molar-refractivity contribution in [3.05, 3.63) is 98.1 Å². The third-order valence-corrected chi connectivity index (χ3v) is 5.79. The van der Waals surface area contributed by atoms with Gasteiger partial charge in [-0.25, -0.2) is 13.2 Å². The molecule has 0 aliphatic carbocycles. The molecule has 0 aliphatic rings. The van der Waals surface area contributed by atoms with Crippen molar-refractivity contribution < 1.29 is 28.2 Å². The molecule has 0 spiro atoms. The van der Waals surface area contributed by atoms with Crippen LogP contribution in [0.2, 0.25) is 0 Å². The van der Waals surface area contributed by atoms with E-state index in [2.05, 4.69) is 15.2 Å². The van der Waals surface area contributed by atoms with Crippen LogP contribution in [0.25, 0.3) is 0 Å². The number of hydrogen-bond donors (Lipinski definition) is 3. The number of nitrogens with one attached hydrogen (secondary N) is 2. The lowest BCUT2D eigenvalue weighted by molar-refractivity contribution is -0.385. The van der Waals surface area contributed by atoms with Crippen molar-refractivity contribution in [3.63, 3.8) is 0 Å². The molecular weight excluding hydrogens is 470 g/mol. The number of hydrazone groups is 1. The molecule has 3 aromatic carbocycles. The second-order valence-corrected chi connectivity index (χ2v) is 8.23. The summed E-state index contributed by atoms with van der Waals surface area (Å²) in [5.41, 5.74) is 0.976. The molecule has 0 atom stereocenters. The number of rotatable bonds is 9. The molecular formula is C20H15N5O8S. The van der Waals surface area contributed by atoms with Crippen LogP contribution in [-0.4, -0.2) is 35.6 Å². The van der Waals surface area contributed by atoms with Crippen molar-refractivity contribution in [3.8, 4) is 0 Å². The molecule has 3 rings (SSSR count). The topological polar surface area (TPSA) is 194 Å². The molecule has 0 radical (unpaired) electrons. The molecule has 0 heterocycles. The second-order valence-electron chi connectivity index (χ2n) is 6.58. The molecule has 174 valence electrons. The van der Waals surface area contributed by atoms with E-state index in [4.69, 9.17) is 0 Å². The minimum atomic E-state index is -4.54. The Balaban J connectivity index is 2.00. The Hall–Kier alpha value is -4.85. The SMILES string of the molecule is O=C(O)c1ccccc1NS(=O)(=O)c1cc([N+](=O)[O-])ccc1N/N=C\c1ccccc1[N+](=O)[O-]. The van der Waals surface area contributed by atoms with Crippen molar-refractivity contribution in [2.75, 3.05) is 10.1 Å². The molecule has 0 saturated heterocycles. The van der Waals surface area contributed by atoms with Crippen LogP contribution in [0.4, 0.5) is 22.7 Å². The summed E-state index contributed by atoms with van der Waals surface area (Å²) in [6.07, 6.45) is 1.09. The lowest BCUT2D eigenvalue weighted by atomic mass is 10.2. The maximum absolute atomic E-state index is 13.0. The molecule has 3 aromatic rings. The highest BCUT2D eigenvalue weighted by Crippen LogP contribution is 2.29. The van der Waals surface area contributed by atoms with Gasteiger partial charge in [0.1, 0.15) is 4.90 Å². The van der Waals surface area contributed by atoms with Gasteiger partial charge in [-0.3, -0.25) is 30.4 Å². The van der Waals surface area contributed by atoms with Gasteiger partial charge in [0.05, 0.1) is 38.6 Å². The summed E-state index contributed by atoms with van der Waals surface area (Å²) in [5.74, 6) is -1.38. The Morgan fingerprint density at radius 3 is 2.29 bits per heavy atom. The van der Waals surface area contributed by atoms with Crippen LogP contribution >= 0.6 is 0 Å². The van der Waals surface area contributed by atoms with Gasteiger partial charge in [0, 0.05) is 18.2 Å². The van der Waals surface area contributed by atoms with Crippen LogP contribution in [0.1, 0.15) is 15.9 Å². The third-order valence-electron chi connectivity index (χ3n) is 4.39. The molecule has 0 saturated carbocycles. The number of carboxylic acid groups (broad SMARTS) is 1. The largest absolute Gasteiger partial charge is 0.478 e. The Labute approximate surface area is 191 Å². The molecule has 0 unspecified atom stereocenters. The van der Waals surface area contributed by atoms with Gasteiger partial charge in [-0.15, -0.1) is 0 Å². The normalized spacial score (nSPS) is 11.2. The fourth-order valence-corrected chi connectivity index (χ4v) is 4.09. The number of para-hydroxylation sites is 2. The first-order chi connectivity index (χ1) is 16.1. The first kappa shape index (κ1) is 23.8. The van der Waals surface area contributed by atoms with Gasteiger partial charge in [-0.2, -0.15) is 5.10 Å². The van der Waals surface area contributed by atoms with E-state index in [0.717, 1.165) is 24.4 Å². The zero-order chi connectivity index (χ0) is 24.9. The number of non-ortho nitro benzene ring substituents is 1. The third kappa shape index (κ3) is 5.31. The summed E-state index contributed by atoms with van der Waals surface area (Å²) >= 11 is 0. The summed E-state index contributed by atoms with van der Waals surface area (Å²) in [6.45, 7) is 0. The summed E-state index contributed by atoms with van der Waals surface area (Å²) in [5, 5.41) is 35.4. The van der Waals surface area contributed by atoms with Gasteiger partial charge >= 0.3 is 5.97 Å². The monoisotopic (exact) mass is 485 g/mol. The van der Waals surface area contributed by atoms with E-state index in [-0.39, 0.29) is 28.2 Å². The van der Waals surface area contributed by atoms with Gasteiger partial charge < -0.3 is 5.11 Å². The molecule has 13 nitrogen and oxygen atoms in total. The first-order valence-electron chi connectivity index (χ1n) is 9.26. The number of carbonyl (C=O) groups is 1. The quantitative estimate of drug-likeness (QED) is 0.231. The summed E-state index contributed by atoms with van der Waals surface area (Å²) in [7, 11) is -4.54. The minimum absolute atomic E-state index is 0.125. The maximum atomic E-state index is 13.0. The number of nitro benzene ring substituents is 2. The van der Waals surface area contributed by atoms with Gasteiger partial charge in [0.15, 0.2) is 0 Å². The van der Waals surface area contributed by atoms with E-state index in [0.29, 0.717) is 0 Å². The average molecular weight is 485 g/mol. The lowest BCUT2D eigenvalue weighted by Crippen LogP contribution is -2.17. The maximum Gasteiger partial charge on any atom is 0.337 e. The predicted molar refractivity (Wildman–Crippen MR) is 122 cm³/mol. The fourth-order valence-electron chi connectivity index (χ4n) is 2.83. The average Bonchev–Trinajstić information content (AvgIpc) is 2.79. The highest BCUT2D eigenvalue weighted by Gasteiger charge is 2.24. The number of sulfonamides is 1. The van der Waals surface area contributed by atoms with Crippen LogP contribution in [0.15, 0.2) is 76.7 Å². The highest BCUT2D eigenvalue weighted by molar-refractivity contribution is 7.93. The van der Waals surface area contributed by atoms with Crippen molar-refractivity contribution >= 4 is 45.0 Å². The van der Waals surface area contributed by atoms with Gasteiger partial charge in [0.25, 0.3) is 21.4 Å². The number of nitro groups is 2. The predicted octanol–water partition coefficient (Wildman–Crippen LogP) is 3.45.